The van der Waals surface area contributed by atoms with E-state index in [1.54, 1.807) is 6.08 Å². The number of rotatable bonds is 6. The van der Waals surface area contributed by atoms with E-state index in [1.807, 2.05) is 18.2 Å². The molecule has 3 nitrogen and oxygen atoms in total. The van der Waals surface area contributed by atoms with E-state index in [2.05, 4.69) is 18.0 Å². The van der Waals surface area contributed by atoms with Crippen LogP contribution < -0.4 is 10.1 Å². The van der Waals surface area contributed by atoms with E-state index in [-0.39, 0.29) is 0 Å². The van der Waals surface area contributed by atoms with E-state index in [0.717, 1.165) is 31.9 Å². The third-order valence-electron chi connectivity index (χ3n) is 2.84. The normalized spacial score (nSPS) is 19.2. The molecule has 92 valence electrons. The van der Waals surface area contributed by atoms with Crippen LogP contribution >= 0.6 is 0 Å². The molecule has 1 aromatic rings. The molecule has 0 bridgehead atoms. The third kappa shape index (κ3) is 3.58. The highest BCUT2D eigenvalue weighted by molar-refractivity contribution is 5.33. The fourth-order valence-corrected chi connectivity index (χ4v) is 1.89. The molecule has 17 heavy (non-hydrogen) atoms. The van der Waals surface area contributed by atoms with Gasteiger partial charge in [0.1, 0.15) is 12.4 Å². The smallest absolute Gasteiger partial charge is 0.124 e. The van der Waals surface area contributed by atoms with Gasteiger partial charge in [-0.2, -0.15) is 0 Å². The molecule has 0 amide bonds. The molecule has 1 aromatic carbocycles. The minimum Gasteiger partial charge on any atom is -0.489 e. The standard InChI is InChI=1S/C14H19NO2/c1-2-8-17-14-6-4-3-5-12(14)10-15-13-7-9-16-11-13/h2-6,13,15H,1,7-11H2. The minimum atomic E-state index is 0.475. The van der Waals surface area contributed by atoms with Crippen molar-refractivity contribution >= 4 is 0 Å². The van der Waals surface area contributed by atoms with Gasteiger partial charge < -0.3 is 14.8 Å². The van der Waals surface area contributed by atoms with Crippen LogP contribution in [0.5, 0.6) is 5.75 Å². The monoisotopic (exact) mass is 233 g/mol. The molecular formula is C14H19NO2. The largest absolute Gasteiger partial charge is 0.489 e. The van der Waals surface area contributed by atoms with Crippen molar-refractivity contribution in [2.45, 2.75) is 19.0 Å². The van der Waals surface area contributed by atoms with Crippen LogP contribution in [0.15, 0.2) is 36.9 Å². The molecule has 0 saturated carbocycles. The number of ether oxygens (including phenoxy) is 2. The Bertz CT molecular complexity index is 359. The van der Waals surface area contributed by atoms with Crippen LogP contribution in [0.3, 0.4) is 0 Å². The average Bonchev–Trinajstić information content (AvgIpc) is 2.88. The van der Waals surface area contributed by atoms with Gasteiger partial charge in [0.05, 0.1) is 6.61 Å². The highest BCUT2D eigenvalue weighted by Crippen LogP contribution is 2.18. The zero-order chi connectivity index (χ0) is 11.9. The summed E-state index contributed by atoms with van der Waals surface area (Å²) in [5.74, 6) is 0.929. The first-order valence-corrected chi connectivity index (χ1v) is 6.03. The topological polar surface area (TPSA) is 30.5 Å². The summed E-state index contributed by atoms with van der Waals surface area (Å²) in [5, 5.41) is 3.48. The maximum atomic E-state index is 5.61. The minimum absolute atomic E-state index is 0.475. The second-order valence-electron chi connectivity index (χ2n) is 4.15. The molecule has 1 atom stereocenters. The lowest BCUT2D eigenvalue weighted by Gasteiger charge is -2.13. The average molecular weight is 233 g/mol. The summed E-state index contributed by atoms with van der Waals surface area (Å²) in [6.07, 6.45) is 2.85. The van der Waals surface area contributed by atoms with Gasteiger partial charge in [-0.3, -0.25) is 0 Å². The van der Waals surface area contributed by atoms with Crippen LogP contribution in [0, 0.1) is 0 Å². The van der Waals surface area contributed by atoms with Crippen LogP contribution in [0.25, 0.3) is 0 Å². The second-order valence-corrected chi connectivity index (χ2v) is 4.15. The van der Waals surface area contributed by atoms with Crippen molar-refractivity contribution in [3.8, 4) is 5.75 Å². The SMILES string of the molecule is C=CCOc1ccccc1CNC1CCOC1. The van der Waals surface area contributed by atoms with Gasteiger partial charge in [-0.1, -0.05) is 30.9 Å². The zero-order valence-corrected chi connectivity index (χ0v) is 10.0. The van der Waals surface area contributed by atoms with Crippen molar-refractivity contribution < 1.29 is 9.47 Å². The highest BCUT2D eigenvalue weighted by atomic mass is 16.5. The Morgan fingerprint density at radius 1 is 1.47 bits per heavy atom. The number of benzene rings is 1. The first kappa shape index (κ1) is 12.1. The van der Waals surface area contributed by atoms with Gasteiger partial charge in [0.2, 0.25) is 0 Å². The second kappa shape index (κ2) is 6.42. The predicted octanol–water partition coefficient (Wildman–Crippen LogP) is 2.13. The van der Waals surface area contributed by atoms with Gasteiger partial charge >= 0.3 is 0 Å². The first-order valence-electron chi connectivity index (χ1n) is 6.03. The van der Waals surface area contributed by atoms with Crippen LogP contribution in [-0.2, 0) is 11.3 Å². The maximum Gasteiger partial charge on any atom is 0.124 e. The highest BCUT2D eigenvalue weighted by Gasteiger charge is 2.15. The van der Waals surface area contributed by atoms with Crippen LogP contribution in [0.4, 0.5) is 0 Å². The van der Waals surface area contributed by atoms with Gasteiger partial charge in [0.25, 0.3) is 0 Å². The van der Waals surface area contributed by atoms with Crippen LogP contribution in [0.2, 0.25) is 0 Å². The lowest BCUT2D eigenvalue weighted by atomic mass is 10.2. The number of hydrogen-bond donors (Lipinski definition) is 1. The molecule has 1 fully saturated rings. The molecule has 0 spiro atoms. The quantitative estimate of drug-likeness (QED) is 0.764. The molecule has 2 rings (SSSR count). The summed E-state index contributed by atoms with van der Waals surface area (Å²) in [5.41, 5.74) is 1.18. The molecule has 1 unspecified atom stereocenters. The third-order valence-corrected chi connectivity index (χ3v) is 2.84. The van der Waals surface area contributed by atoms with Gasteiger partial charge in [0.15, 0.2) is 0 Å². The molecular weight excluding hydrogens is 214 g/mol. The first-order chi connectivity index (χ1) is 8.40. The van der Waals surface area contributed by atoms with Crippen molar-refractivity contribution in [2.75, 3.05) is 19.8 Å². The molecule has 1 saturated heterocycles. The van der Waals surface area contributed by atoms with Crippen molar-refractivity contribution in [1.29, 1.82) is 0 Å². The van der Waals surface area contributed by atoms with E-state index in [1.165, 1.54) is 5.56 Å². The Balaban J connectivity index is 1.91. The summed E-state index contributed by atoms with van der Waals surface area (Å²) in [4.78, 5) is 0. The van der Waals surface area contributed by atoms with Gasteiger partial charge in [0, 0.05) is 24.8 Å². The van der Waals surface area contributed by atoms with Crippen LogP contribution in [0.1, 0.15) is 12.0 Å². The fraction of sp³-hybridized carbons (Fsp3) is 0.429. The zero-order valence-electron chi connectivity index (χ0n) is 10.0. The lowest BCUT2D eigenvalue weighted by Crippen LogP contribution is -2.28. The predicted molar refractivity (Wildman–Crippen MR) is 68.2 cm³/mol. The van der Waals surface area contributed by atoms with Crippen molar-refractivity contribution in [2.24, 2.45) is 0 Å². The molecule has 0 aliphatic carbocycles. The Morgan fingerprint density at radius 2 is 2.35 bits per heavy atom. The van der Waals surface area contributed by atoms with E-state index in [9.17, 15) is 0 Å². The number of nitrogens with one attached hydrogen (secondary N) is 1. The summed E-state index contributed by atoms with van der Waals surface area (Å²) < 4.78 is 10.9. The van der Waals surface area contributed by atoms with Crippen molar-refractivity contribution in [3.05, 3.63) is 42.5 Å². The Labute approximate surface area is 102 Å². The van der Waals surface area contributed by atoms with Crippen molar-refractivity contribution in [1.82, 2.24) is 5.32 Å². The van der Waals surface area contributed by atoms with Gasteiger partial charge in [-0.15, -0.1) is 0 Å². The summed E-state index contributed by atoms with van der Waals surface area (Å²) in [6.45, 7) is 6.71. The van der Waals surface area contributed by atoms with Gasteiger partial charge in [-0.25, -0.2) is 0 Å². The Kier molecular flexibility index (Phi) is 4.59. The van der Waals surface area contributed by atoms with Crippen LogP contribution in [-0.4, -0.2) is 25.9 Å². The number of hydrogen-bond acceptors (Lipinski definition) is 3. The molecule has 0 aromatic heterocycles. The number of para-hydroxylation sites is 1. The summed E-state index contributed by atoms with van der Waals surface area (Å²) >= 11 is 0. The van der Waals surface area contributed by atoms with Gasteiger partial charge in [-0.05, 0) is 12.5 Å². The lowest BCUT2D eigenvalue weighted by molar-refractivity contribution is 0.189. The van der Waals surface area contributed by atoms with E-state index >= 15 is 0 Å². The molecule has 3 heteroatoms. The Morgan fingerprint density at radius 3 is 3.12 bits per heavy atom. The fourth-order valence-electron chi connectivity index (χ4n) is 1.89. The van der Waals surface area contributed by atoms with E-state index in [4.69, 9.17) is 9.47 Å². The molecule has 0 radical (unpaired) electrons. The van der Waals surface area contributed by atoms with Crippen molar-refractivity contribution in [3.63, 3.8) is 0 Å². The molecule has 1 heterocycles. The summed E-state index contributed by atoms with van der Waals surface area (Å²) in [7, 11) is 0. The van der Waals surface area contributed by atoms with E-state index < -0.39 is 0 Å². The molecule has 1 aliphatic heterocycles. The maximum absolute atomic E-state index is 5.61. The molecule has 1 N–H and O–H groups in total. The molecule has 1 aliphatic rings. The Hall–Kier alpha value is -1.32. The van der Waals surface area contributed by atoms with E-state index in [0.29, 0.717) is 12.6 Å². The summed E-state index contributed by atoms with van der Waals surface area (Å²) in [6, 6.07) is 8.57.